The van der Waals surface area contributed by atoms with E-state index in [1.807, 2.05) is 41.5 Å². The van der Waals surface area contributed by atoms with Gasteiger partial charge in [0.1, 0.15) is 25.3 Å². The molecule has 0 aromatic heterocycles. The quantitative estimate of drug-likeness (QED) is 0.175. The van der Waals surface area contributed by atoms with Crippen molar-refractivity contribution in [3.8, 4) is 0 Å². The molecule has 0 spiro atoms. The van der Waals surface area contributed by atoms with Gasteiger partial charge in [-0.3, -0.25) is 33.7 Å². The first kappa shape index (κ1) is 36.9. The summed E-state index contributed by atoms with van der Waals surface area (Å²) in [6.07, 6.45) is 1.56. The summed E-state index contributed by atoms with van der Waals surface area (Å²) in [5, 5.41) is 8.37. The second-order valence-electron chi connectivity index (χ2n) is 15.5. The van der Waals surface area contributed by atoms with Crippen LogP contribution in [0, 0.1) is 28.1 Å². The van der Waals surface area contributed by atoms with E-state index in [1.165, 1.54) is 4.90 Å². The van der Waals surface area contributed by atoms with Crippen LogP contribution in [-0.4, -0.2) is 102 Å². The first-order chi connectivity index (χ1) is 21.1. The van der Waals surface area contributed by atoms with E-state index in [0.717, 1.165) is 11.3 Å². The van der Waals surface area contributed by atoms with Gasteiger partial charge in [-0.15, -0.1) is 0 Å². The highest BCUT2D eigenvalue weighted by Gasteiger charge is 2.70. The van der Waals surface area contributed by atoms with Crippen LogP contribution in [0.25, 0.3) is 0 Å². The molecule has 1 saturated carbocycles. The molecule has 14 nitrogen and oxygen atoms in total. The highest BCUT2D eigenvalue weighted by Crippen LogP contribution is 2.65. The Morgan fingerprint density at radius 1 is 0.957 bits per heavy atom. The lowest BCUT2D eigenvalue weighted by Crippen LogP contribution is -2.63. The summed E-state index contributed by atoms with van der Waals surface area (Å²) in [5.41, 5.74) is 3.69. The van der Waals surface area contributed by atoms with Crippen LogP contribution in [0.1, 0.15) is 81.6 Å². The van der Waals surface area contributed by atoms with Crippen molar-refractivity contribution in [2.45, 2.75) is 106 Å². The number of nitrogens with one attached hydrogen (secondary N) is 3. The van der Waals surface area contributed by atoms with Gasteiger partial charge in [0.25, 0.3) is 17.7 Å². The van der Waals surface area contributed by atoms with Crippen LogP contribution >= 0.6 is 0 Å². The molecule has 7 amide bonds. The molecule has 3 rings (SSSR count). The summed E-state index contributed by atoms with van der Waals surface area (Å²) in [6.45, 7) is 16.7. The number of nitrogens with zero attached hydrogens (tertiary/aromatic N) is 2. The molecular weight excluding hydrogens is 596 g/mol. The van der Waals surface area contributed by atoms with Crippen molar-refractivity contribution in [3.63, 3.8) is 0 Å². The van der Waals surface area contributed by atoms with E-state index in [4.69, 9.17) is 10.5 Å². The highest BCUT2D eigenvalue weighted by molar-refractivity contribution is 6.37. The summed E-state index contributed by atoms with van der Waals surface area (Å²) in [5.74, 6) is -4.13. The maximum atomic E-state index is 14.3. The lowest BCUT2D eigenvalue weighted by molar-refractivity contribution is -0.159. The van der Waals surface area contributed by atoms with Gasteiger partial charge in [-0.2, -0.15) is 0 Å². The number of morpholine rings is 1. The number of hydrogen-bond donors (Lipinski definition) is 4. The number of urea groups is 1. The minimum absolute atomic E-state index is 0.0384. The maximum Gasteiger partial charge on any atom is 0.315 e. The molecule has 6 atom stereocenters. The fraction of sp³-hybridized carbons (Fsp3) is 0.781. The Hall–Kier alpha value is -3.55. The van der Waals surface area contributed by atoms with Gasteiger partial charge in [0.05, 0.1) is 12.1 Å². The third-order valence-corrected chi connectivity index (χ3v) is 9.64. The molecule has 2 aliphatic heterocycles. The number of hydrogen-bond acceptors (Lipinski definition) is 8. The minimum atomic E-state index is -1.13. The first-order valence-electron chi connectivity index (χ1n) is 16.0. The van der Waals surface area contributed by atoms with Gasteiger partial charge in [-0.05, 0) is 34.5 Å². The second-order valence-corrected chi connectivity index (χ2v) is 15.5. The van der Waals surface area contributed by atoms with Crippen molar-refractivity contribution < 1.29 is 38.3 Å². The Morgan fingerprint density at radius 3 is 2.04 bits per heavy atom. The molecule has 1 unspecified atom stereocenters. The minimum Gasteiger partial charge on any atom is -0.363 e. The molecule has 2 saturated heterocycles. The predicted octanol–water partition coefficient (Wildman–Crippen LogP) is 0.713. The Kier molecular flexibility index (Phi) is 11.0. The smallest absolute Gasteiger partial charge is 0.315 e. The summed E-state index contributed by atoms with van der Waals surface area (Å²) >= 11 is 0. The molecule has 5 N–H and O–H groups in total. The molecule has 258 valence electrons. The third kappa shape index (κ3) is 8.05. The van der Waals surface area contributed by atoms with Crippen molar-refractivity contribution >= 4 is 41.4 Å². The zero-order valence-corrected chi connectivity index (χ0v) is 28.7. The molecule has 14 heteroatoms. The number of imide groups is 1. The van der Waals surface area contributed by atoms with Crippen LogP contribution in [0.2, 0.25) is 0 Å². The van der Waals surface area contributed by atoms with E-state index < -0.39 is 76.3 Å². The SMILES string of the molecule is CCCCC(NC(=O)[C@@H]1[C@@H]2[C@H](CN1C(=O)[C@@H](NC(=O)N[C@H](CN1C(=O)COCC1=O)C(C)(C)C)C(C)(C)C)C2(C)C)C(=O)C(N)=O. The lowest BCUT2D eigenvalue weighted by atomic mass is 9.84. The van der Waals surface area contributed by atoms with Gasteiger partial charge in [0.15, 0.2) is 0 Å². The molecule has 3 aliphatic rings. The zero-order valence-electron chi connectivity index (χ0n) is 28.7. The number of likely N-dealkylation sites (tertiary alicyclic amines) is 1. The van der Waals surface area contributed by atoms with Crippen LogP contribution < -0.4 is 21.7 Å². The average molecular weight is 649 g/mol. The van der Waals surface area contributed by atoms with E-state index in [1.54, 1.807) is 20.8 Å². The fourth-order valence-electron chi connectivity index (χ4n) is 6.51. The molecule has 1 aliphatic carbocycles. The van der Waals surface area contributed by atoms with Gasteiger partial charge in [-0.25, -0.2) is 4.79 Å². The van der Waals surface area contributed by atoms with Crippen LogP contribution in [0.5, 0.6) is 0 Å². The number of carbonyl (C=O) groups excluding carboxylic acids is 7. The van der Waals surface area contributed by atoms with Gasteiger partial charge < -0.3 is 31.3 Å². The number of ketones is 1. The fourth-order valence-corrected chi connectivity index (χ4v) is 6.51. The van der Waals surface area contributed by atoms with Crippen LogP contribution in [0.4, 0.5) is 4.79 Å². The molecule has 2 heterocycles. The second kappa shape index (κ2) is 13.7. The number of ether oxygens (including phenoxy) is 1. The molecular formula is C32H52N6O8. The molecule has 0 aromatic carbocycles. The summed E-state index contributed by atoms with van der Waals surface area (Å²) in [7, 11) is 0. The summed E-state index contributed by atoms with van der Waals surface area (Å²) in [4.78, 5) is 93.1. The Bertz CT molecular complexity index is 1240. The number of amides is 7. The first-order valence-corrected chi connectivity index (χ1v) is 16.0. The van der Waals surface area contributed by atoms with E-state index in [-0.39, 0.29) is 43.4 Å². The normalized spacial score (nSPS) is 24.4. The van der Waals surface area contributed by atoms with E-state index in [2.05, 4.69) is 16.0 Å². The van der Waals surface area contributed by atoms with Crippen LogP contribution in [0.15, 0.2) is 0 Å². The van der Waals surface area contributed by atoms with Crippen molar-refractivity contribution in [2.24, 2.45) is 33.8 Å². The number of carbonyl (C=O) groups is 7. The third-order valence-electron chi connectivity index (χ3n) is 9.64. The monoisotopic (exact) mass is 648 g/mol. The maximum absolute atomic E-state index is 14.3. The predicted molar refractivity (Wildman–Crippen MR) is 168 cm³/mol. The van der Waals surface area contributed by atoms with Crippen LogP contribution in [0.3, 0.4) is 0 Å². The Balaban J connectivity index is 1.82. The van der Waals surface area contributed by atoms with Gasteiger partial charge in [-0.1, -0.05) is 75.2 Å². The van der Waals surface area contributed by atoms with E-state index >= 15 is 0 Å². The topological polar surface area (TPSA) is 197 Å². The average Bonchev–Trinajstić information content (AvgIpc) is 3.25. The van der Waals surface area contributed by atoms with E-state index in [9.17, 15) is 33.6 Å². The zero-order chi connectivity index (χ0) is 34.9. The van der Waals surface area contributed by atoms with Crippen molar-refractivity contribution in [2.75, 3.05) is 26.3 Å². The molecule has 0 radical (unpaired) electrons. The number of nitrogens with two attached hydrogens (primary N) is 1. The number of piperidine rings is 1. The van der Waals surface area contributed by atoms with Crippen molar-refractivity contribution in [3.05, 3.63) is 0 Å². The van der Waals surface area contributed by atoms with Crippen molar-refractivity contribution in [1.82, 2.24) is 25.8 Å². The number of fused-ring (bicyclic) bond motifs is 1. The van der Waals surface area contributed by atoms with Gasteiger partial charge in [0, 0.05) is 13.1 Å². The van der Waals surface area contributed by atoms with E-state index in [0.29, 0.717) is 13.0 Å². The summed E-state index contributed by atoms with van der Waals surface area (Å²) in [6, 6.07) is -4.38. The largest absolute Gasteiger partial charge is 0.363 e. The number of Topliss-reactive ketones (excluding diaryl/α,β-unsaturated/α-hetero) is 1. The standard InChI is InChI=1S/C32H52N6O8/c1-10-11-12-18(24(41)26(33)42)34-27(43)23-22-17(32(22,8)9)13-38(23)28(44)25(31(5,6)7)36-29(45)35-19(30(2,3)4)14-37-20(39)15-46-16-21(37)40/h17-19,22-23,25H,10-16H2,1-9H3,(H2,33,42)(H,34,43)(H2,35,36,45)/t17-,18?,19+,22-,23-,25+/m0/s1. The Labute approximate surface area is 271 Å². The van der Waals surface area contributed by atoms with Gasteiger partial charge >= 0.3 is 6.03 Å². The Morgan fingerprint density at radius 2 is 1.54 bits per heavy atom. The van der Waals surface area contributed by atoms with Crippen molar-refractivity contribution in [1.29, 1.82) is 0 Å². The number of primary amides is 1. The molecule has 3 fully saturated rings. The van der Waals surface area contributed by atoms with Crippen LogP contribution in [-0.2, 0) is 33.5 Å². The molecule has 46 heavy (non-hydrogen) atoms. The highest BCUT2D eigenvalue weighted by atomic mass is 16.5. The lowest BCUT2D eigenvalue weighted by Gasteiger charge is -2.39. The number of unbranched alkanes of at least 4 members (excludes halogenated alkanes) is 1. The molecule has 0 aromatic rings. The molecule has 0 bridgehead atoms. The summed E-state index contributed by atoms with van der Waals surface area (Å²) < 4.78 is 5.00. The number of rotatable bonds is 12. The van der Waals surface area contributed by atoms with Gasteiger partial charge in [0.2, 0.25) is 17.6 Å².